The highest BCUT2D eigenvalue weighted by Gasteiger charge is 2.13. The summed E-state index contributed by atoms with van der Waals surface area (Å²) >= 11 is 3.56. The van der Waals surface area contributed by atoms with E-state index in [0.717, 1.165) is 35.2 Å². The van der Waals surface area contributed by atoms with Crippen LogP contribution in [0.5, 0.6) is 11.5 Å². The Morgan fingerprint density at radius 2 is 1.95 bits per heavy atom. The number of benzene rings is 1. The zero-order chi connectivity index (χ0) is 14.3. The smallest absolute Gasteiger partial charge is 0.175 e. The minimum atomic E-state index is 0.184. The molecule has 0 saturated carbocycles. The summed E-state index contributed by atoms with van der Waals surface area (Å²) in [4.78, 5) is 0. The van der Waals surface area contributed by atoms with Gasteiger partial charge in [0, 0.05) is 6.04 Å². The van der Waals surface area contributed by atoms with Gasteiger partial charge in [-0.05, 0) is 59.8 Å². The Morgan fingerprint density at radius 1 is 1.21 bits per heavy atom. The molecule has 1 aromatic carbocycles. The molecule has 1 atom stereocenters. The molecule has 0 aliphatic carbocycles. The van der Waals surface area contributed by atoms with Crippen molar-refractivity contribution in [3.63, 3.8) is 0 Å². The fraction of sp³-hybridized carbons (Fsp3) is 0.600. The normalized spacial score (nSPS) is 12.3. The second kappa shape index (κ2) is 8.43. The van der Waals surface area contributed by atoms with Gasteiger partial charge in [0.25, 0.3) is 0 Å². The van der Waals surface area contributed by atoms with Crippen LogP contribution >= 0.6 is 15.9 Å². The van der Waals surface area contributed by atoms with E-state index in [1.54, 1.807) is 0 Å². The molecule has 108 valence electrons. The largest absolute Gasteiger partial charge is 0.490 e. The zero-order valence-corrected chi connectivity index (χ0v) is 13.6. The molecule has 1 aromatic rings. The molecule has 1 unspecified atom stereocenters. The zero-order valence-electron chi connectivity index (χ0n) is 12.0. The van der Waals surface area contributed by atoms with Crippen LogP contribution < -0.4 is 15.2 Å². The molecule has 1 rings (SSSR count). The van der Waals surface area contributed by atoms with Crippen LogP contribution in [0.4, 0.5) is 0 Å². The lowest BCUT2D eigenvalue weighted by atomic mass is 10.0. The van der Waals surface area contributed by atoms with Crippen molar-refractivity contribution in [1.29, 1.82) is 0 Å². The Labute approximate surface area is 124 Å². The lowest BCUT2D eigenvalue weighted by Gasteiger charge is -2.16. The molecule has 0 amide bonds. The van der Waals surface area contributed by atoms with Gasteiger partial charge in [0.2, 0.25) is 0 Å². The second-order valence-electron chi connectivity index (χ2n) is 4.56. The molecule has 4 heteroatoms. The fourth-order valence-electron chi connectivity index (χ4n) is 1.79. The molecular formula is C15H24BrNO2. The third kappa shape index (κ3) is 5.03. The number of ether oxygens (including phenoxy) is 2. The lowest BCUT2D eigenvalue weighted by Crippen LogP contribution is -2.21. The van der Waals surface area contributed by atoms with Crippen LogP contribution in [0.2, 0.25) is 0 Å². The molecule has 0 radical (unpaired) electrons. The third-order valence-electron chi connectivity index (χ3n) is 2.84. The first kappa shape index (κ1) is 16.3. The summed E-state index contributed by atoms with van der Waals surface area (Å²) in [5, 5.41) is 0. The van der Waals surface area contributed by atoms with Crippen LogP contribution in [0.3, 0.4) is 0 Å². The highest BCUT2D eigenvalue weighted by Crippen LogP contribution is 2.37. The van der Waals surface area contributed by atoms with Gasteiger partial charge in [-0.15, -0.1) is 0 Å². The van der Waals surface area contributed by atoms with Gasteiger partial charge in [0.05, 0.1) is 17.7 Å². The summed E-state index contributed by atoms with van der Waals surface area (Å²) in [6.45, 7) is 7.47. The van der Waals surface area contributed by atoms with E-state index in [4.69, 9.17) is 15.2 Å². The number of nitrogens with two attached hydrogens (primary N) is 1. The summed E-state index contributed by atoms with van der Waals surface area (Å²) in [5.41, 5.74) is 7.18. The van der Waals surface area contributed by atoms with E-state index < -0.39 is 0 Å². The van der Waals surface area contributed by atoms with Gasteiger partial charge in [-0.1, -0.05) is 13.8 Å². The molecule has 2 N–H and O–H groups in total. The summed E-state index contributed by atoms with van der Waals surface area (Å²) in [5.74, 6) is 1.58. The first-order chi connectivity index (χ1) is 9.12. The third-order valence-corrected chi connectivity index (χ3v) is 3.43. The Morgan fingerprint density at radius 3 is 2.53 bits per heavy atom. The Bertz CT molecular complexity index is 396. The van der Waals surface area contributed by atoms with Crippen LogP contribution in [-0.2, 0) is 6.42 Å². The maximum absolute atomic E-state index is 6.01. The van der Waals surface area contributed by atoms with E-state index >= 15 is 0 Å². The first-order valence-corrected chi connectivity index (χ1v) is 7.75. The van der Waals surface area contributed by atoms with Crippen molar-refractivity contribution < 1.29 is 9.47 Å². The summed E-state index contributed by atoms with van der Waals surface area (Å²) in [6, 6.07) is 4.29. The Hall–Kier alpha value is -0.740. The van der Waals surface area contributed by atoms with E-state index in [9.17, 15) is 0 Å². The Kier molecular flexibility index (Phi) is 7.24. The molecule has 0 saturated heterocycles. The number of rotatable bonds is 8. The number of hydrogen-bond acceptors (Lipinski definition) is 3. The van der Waals surface area contributed by atoms with Crippen molar-refractivity contribution in [2.45, 2.75) is 46.1 Å². The molecule has 0 fully saturated rings. The quantitative estimate of drug-likeness (QED) is 0.786. The van der Waals surface area contributed by atoms with Gasteiger partial charge in [-0.2, -0.15) is 0 Å². The standard InChI is InChI=1S/C15H24BrNO2/c1-4-7-19-15-13(16)9-11(8-12(17)5-2)10-14(15)18-6-3/h9-10,12H,4-8,17H2,1-3H3. The lowest BCUT2D eigenvalue weighted by molar-refractivity contribution is 0.275. The molecule has 3 nitrogen and oxygen atoms in total. The van der Waals surface area contributed by atoms with E-state index in [-0.39, 0.29) is 6.04 Å². The van der Waals surface area contributed by atoms with Crippen LogP contribution in [0, 0.1) is 0 Å². The van der Waals surface area contributed by atoms with Gasteiger partial charge in [0.1, 0.15) is 0 Å². The fourth-order valence-corrected chi connectivity index (χ4v) is 2.40. The van der Waals surface area contributed by atoms with Crippen LogP contribution in [-0.4, -0.2) is 19.3 Å². The molecule has 0 aliphatic rings. The topological polar surface area (TPSA) is 44.5 Å². The van der Waals surface area contributed by atoms with E-state index in [1.165, 1.54) is 5.56 Å². The molecule has 0 bridgehead atoms. The summed E-state index contributed by atoms with van der Waals surface area (Å²) in [7, 11) is 0. The molecule has 0 spiro atoms. The van der Waals surface area contributed by atoms with Gasteiger partial charge in [0.15, 0.2) is 11.5 Å². The summed E-state index contributed by atoms with van der Waals surface area (Å²) < 4.78 is 12.4. The van der Waals surface area contributed by atoms with Crippen molar-refractivity contribution in [2.24, 2.45) is 5.73 Å². The van der Waals surface area contributed by atoms with Gasteiger partial charge < -0.3 is 15.2 Å². The second-order valence-corrected chi connectivity index (χ2v) is 5.41. The van der Waals surface area contributed by atoms with Gasteiger partial charge in [-0.3, -0.25) is 0 Å². The highest BCUT2D eigenvalue weighted by atomic mass is 79.9. The van der Waals surface area contributed by atoms with Crippen LogP contribution in [0.25, 0.3) is 0 Å². The molecule has 0 aliphatic heterocycles. The molecule has 19 heavy (non-hydrogen) atoms. The average Bonchev–Trinajstić information content (AvgIpc) is 2.38. The van der Waals surface area contributed by atoms with Crippen molar-refractivity contribution in [1.82, 2.24) is 0 Å². The molecule has 0 aromatic heterocycles. The number of halogens is 1. The minimum absolute atomic E-state index is 0.184. The van der Waals surface area contributed by atoms with Crippen LogP contribution in [0.1, 0.15) is 39.2 Å². The number of hydrogen-bond donors (Lipinski definition) is 1. The van der Waals surface area contributed by atoms with Gasteiger partial charge in [-0.25, -0.2) is 0 Å². The highest BCUT2D eigenvalue weighted by molar-refractivity contribution is 9.10. The van der Waals surface area contributed by atoms with Crippen molar-refractivity contribution in [2.75, 3.05) is 13.2 Å². The summed E-state index contributed by atoms with van der Waals surface area (Å²) in [6.07, 6.45) is 2.79. The Balaban J connectivity index is 2.98. The van der Waals surface area contributed by atoms with E-state index in [2.05, 4.69) is 35.8 Å². The van der Waals surface area contributed by atoms with Crippen molar-refractivity contribution in [3.05, 3.63) is 22.2 Å². The first-order valence-electron chi connectivity index (χ1n) is 6.95. The maximum Gasteiger partial charge on any atom is 0.175 e. The van der Waals surface area contributed by atoms with E-state index in [1.807, 2.05) is 13.0 Å². The maximum atomic E-state index is 6.01. The molecular weight excluding hydrogens is 306 g/mol. The average molecular weight is 330 g/mol. The van der Waals surface area contributed by atoms with Gasteiger partial charge >= 0.3 is 0 Å². The van der Waals surface area contributed by atoms with Crippen molar-refractivity contribution in [3.8, 4) is 11.5 Å². The predicted molar refractivity (Wildman–Crippen MR) is 83.1 cm³/mol. The predicted octanol–water partition coefficient (Wildman–Crippen LogP) is 3.92. The monoisotopic (exact) mass is 329 g/mol. The van der Waals surface area contributed by atoms with E-state index in [0.29, 0.717) is 13.2 Å². The van der Waals surface area contributed by atoms with Crippen LogP contribution in [0.15, 0.2) is 16.6 Å². The van der Waals surface area contributed by atoms with Crippen molar-refractivity contribution >= 4 is 15.9 Å². The molecule has 0 heterocycles. The minimum Gasteiger partial charge on any atom is -0.490 e. The SMILES string of the molecule is CCCOc1c(Br)cc(CC(N)CC)cc1OCC.